The van der Waals surface area contributed by atoms with Gasteiger partial charge in [0, 0.05) is 6.54 Å². The van der Waals surface area contributed by atoms with Crippen LogP contribution in [0.5, 0.6) is 0 Å². The van der Waals surface area contributed by atoms with Crippen molar-refractivity contribution in [2.75, 3.05) is 0 Å². The second-order valence-electron chi connectivity index (χ2n) is 4.16. The maximum atomic E-state index is 10.7. The van der Waals surface area contributed by atoms with Crippen LogP contribution in [0.1, 0.15) is 38.1 Å². The van der Waals surface area contributed by atoms with Crippen molar-refractivity contribution in [1.82, 2.24) is 15.0 Å². The lowest BCUT2D eigenvalue weighted by atomic mass is 10.1. The summed E-state index contributed by atoms with van der Waals surface area (Å²) in [6.45, 7) is 4.31. The van der Waals surface area contributed by atoms with E-state index in [0.29, 0.717) is 18.7 Å². The molecule has 1 rings (SSSR count). The van der Waals surface area contributed by atoms with Gasteiger partial charge >= 0.3 is 5.97 Å². The van der Waals surface area contributed by atoms with Crippen LogP contribution in [-0.4, -0.2) is 37.3 Å². The first-order valence-corrected chi connectivity index (χ1v) is 5.85. The number of hydrogen-bond acceptors (Lipinski definition) is 4. The van der Waals surface area contributed by atoms with Crippen LogP contribution in [-0.2, 0) is 24.2 Å². The number of aromatic nitrogens is 3. The van der Waals surface area contributed by atoms with Crippen molar-refractivity contribution >= 4 is 5.97 Å². The number of aryl methyl sites for hydroxylation is 1. The molecule has 0 amide bonds. The Morgan fingerprint density at radius 2 is 2.24 bits per heavy atom. The van der Waals surface area contributed by atoms with Crippen molar-refractivity contribution in [1.29, 1.82) is 0 Å². The van der Waals surface area contributed by atoms with Crippen LogP contribution in [0, 0.1) is 0 Å². The summed E-state index contributed by atoms with van der Waals surface area (Å²) in [7, 11) is 0. The minimum Gasteiger partial charge on any atom is -0.481 e. The summed E-state index contributed by atoms with van der Waals surface area (Å²) in [4.78, 5) is 10.7. The number of aliphatic hydroxyl groups excluding tert-OH is 1. The molecule has 0 aromatic carbocycles. The normalized spacial score (nSPS) is 12.6. The number of aliphatic hydroxyl groups is 1. The van der Waals surface area contributed by atoms with Crippen molar-refractivity contribution in [3.8, 4) is 0 Å². The molecule has 6 nitrogen and oxygen atoms in total. The Balaban J connectivity index is 2.81. The first-order chi connectivity index (χ1) is 8.04. The molecule has 96 valence electrons. The Kier molecular flexibility index (Phi) is 5.09. The van der Waals surface area contributed by atoms with Gasteiger partial charge in [0.15, 0.2) is 0 Å². The molecule has 1 aromatic rings. The van der Waals surface area contributed by atoms with Gasteiger partial charge in [-0.2, -0.15) is 0 Å². The van der Waals surface area contributed by atoms with Crippen molar-refractivity contribution in [2.24, 2.45) is 0 Å². The molecule has 0 bridgehead atoms. The molecule has 0 spiro atoms. The second kappa shape index (κ2) is 6.34. The smallest absolute Gasteiger partial charge is 0.309 e. The van der Waals surface area contributed by atoms with Crippen LogP contribution >= 0.6 is 0 Å². The summed E-state index contributed by atoms with van der Waals surface area (Å²) in [5.74, 6) is -0.898. The Labute approximate surface area is 100 Å². The zero-order chi connectivity index (χ0) is 12.8. The Hall–Kier alpha value is -1.43. The lowest BCUT2D eigenvalue weighted by molar-refractivity contribution is -0.136. The molecule has 0 saturated heterocycles. The van der Waals surface area contributed by atoms with Crippen molar-refractivity contribution in [3.05, 3.63) is 11.4 Å². The van der Waals surface area contributed by atoms with E-state index in [1.807, 2.05) is 6.92 Å². The summed E-state index contributed by atoms with van der Waals surface area (Å²) < 4.78 is 1.70. The third-order valence-corrected chi connectivity index (χ3v) is 2.48. The van der Waals surface area contributed by atoms with Crippen LogP contribution in [0.15, 0.2) is 0 Å². The Bertz CT molecular complexity index is 374. The lowest BCUT2D eigenvalue weighted by Gasteiger charge is -2.07. The van der Waals surface area contributed by atoms with Crippen LogP contribution in [0.3, 0.4) is 0 Å². The maximum Gasteiger partial charge on any atom is 0.309 e. The van der Waals surface area contributed by atoms with Gasteiger partial charge in [-0.1, -0.05) is 18.6 Å². The molecule has 0 aliphatic carbocycles. The van der Waals surface area contributed by atoms with Gasteiger partial charge in [-0.25, -0.2) is 4.68 Å². The van der Waals surface area contributed by atoms with Gasteiger partial charge in [0.25, 0.3) is 0 Å². The molecule has 1 heterocycles. The zero-order valence-corrected chi connectivity index (χ0v) is 10.3. The van der Waals surface area contributed by atoms with E-state index in [4.69, 9.17) is 5.11 Å². The molecule has 1 atom stereocenters. The predicted molar refractivity (Wildman–Crippen MR) is 61.7 cm³/mol. The number of carboxylic acids is 1. The minimum atomic E-state index is -0.898. The fraction of sp³-hybridized carbons (Fsp3) is 0.727. The quantitative estimate of drug-likeness (QED) is 0.731. The molecule has 1 aromatic heterocycles. The van der Waals surface area contributed by atoms with E-state index in [9.17, 15) is 9.90 Å². The van der Waals surface area contributed by atoms with Crippen LogP contribution in [0.25, 0.3) is 0 Å². The number of carboxylic acid groups (broad SMARTS) is 1. The summed E-state index contributed by atoms with van der Waals surface area (Å²) in [6.07, 6.45) is 1.78. The second-order valence-corrected chi connectivity index (χ2v) is 4.16. The summed E-state index contributed by atoms with van der Waals surface area (Å²) in [5.41, 5.74) is 1.40. The van der Waals surface area contributed by atoms with E-state index in [1.54, 1.807) is 11.6 Å². The fourth-order valence-corrected chi connectivity index (χ4v) is 1.65. The highest BCUT2D eigenvalue weighted by molar-refractivity contribution is 5.69. The zero-order valence-electron chi connectivity index (χ0n) is 10.3. The molecule has 0 fully saturated rings. The average molecular weight is 241 g/mol. The van der Waals surface area contributed by atoms with Gasteiger partial charge in [0.1, 0.15) is 0 Å². The molecular formula is C11H19N3O3. The largest absolute Gasteiger partial charge is 0.481 e. The monoisotopic (exact) mass is 241 g/mol. The number of carbonyl (C=O) groups is 1. The lowest BCUT2D eigenvalue weighted by Crippen LogP contribution is -2.12. The summed E-state index contributed by atoms with van der Waals surface area (Å²) in [5, 5.41) is 25.9. The third-order valence-electron chi connectivity index (χ3n) is 2.48. The van der Waals surface area contributed by atoms with Crippen molar-refractivity contribution < 1.29 is 15.0 Å². The first kappa shape index (κ1) is 13.6. The molecule has 2 N–H and O–H groups in total. The topological polar surface area (TPSA) is 88.2 Å². The van der Waals surface area contributed by atoms with Crippen molar-refractivity contribution in [3.63, 3.8) is 0 Å². The minimum absolute atomic E-state index is 0.0932. The molecule has 17 heavy (non-hydrogen) atoms. The molecule has 1 unspecified atom stereocenters. The SMILES string of the molecule is CCCc1c(CC(=O)O)nnn1CCC(C)O. The van der Waals surface area contributed by atoms with E-state index in [1.165, 1.54) is 0 Å². The molecule has 0 aliphatic heterocycles. The highest BCUT2D eigenvalue weighted by atomic mass is 16.4. The average Bonchev–Trinajstić information content (AvgIpc) is 2.58. The third kappa shape index (κ3) is 4.14. The number of nitrogens with zero attached hydrogens (tertiary/aromatic N) is 3. The highest BCUT2D eigenvalue weighted by Gasteiger charge is 2.15. The van der Waals surface area contributed by atoms with E-state index >= 15 is 0 Å². The standard InChI is InChI=1S/C11H19N3O3/c1-3-4-10-9(7-11(16)17)12-13-14(10)6-5-8(2)15/h8,15H,3-7H2,1-2H3,(H,16,17). The molecular weight excluding hydrogens is 222 g/mol. The van der Waals surface area contributed by atoms with E-state index in [-0.39, 0.29) is 6.42 Å². The maximum absolute atomic E-state index is 10.7. The van der Waals surface area contributed by atoms with Gasteiger partial charge in [-0.3, -0.25) is 4.79 Å². The van der Waals surface area contributed by atoms with Crippen LogP contribution < -0.4 is 0 Å². The number of hydrogen-bond donors (Lipinski definition) is 2. The summed E-state index contributed by atoms with van der Waals surface area (Å²) >= 11 is 0. The van der Waals surface area contributed by atoms with E-state index in [0.717, 1.165) is 18.5 Å². The number of aliphatic carboxylic acids is 1. The predicted octanol–water partition coefficient (Wildman–Crippen LogP) is 0.629. The highest BCUT2D eigenvalue weighted by Crippen LogP contribution is 2.10. The Morgan fingerprint density at radius 3 is 2.76 bits per heavy atom. The van der Waals surface area contributed by atoms with E-state index in [2.05, 4.69) is 10.3 Å². The molecule has 6 heteroatoms. The first-order valence-electron chi connectivity index (χ1n) is 5.85. The van der Waals surface area contributed by atoms with Gasteiger partial charge < -0.3 is 10.2 Å². The van der Waals surface area contributed by atoms with E-state index < -0.39 is 12.1 Å². The van der Waals surface area contributed by atoms with Crippen LogP contribution in [0.4, 0.5) is 0 Å². The number of rotatable bonds is 7. The summed E-state index contributed by atoms with van der Waals surface area (Å²) in [6, 6.07) is 0. The molecule has 0 saturated carbocycles. The Morgan fingerprint density at radius 1 is 1.53 bits per heavy atom. The van der Waals surface area contributed by atoms with Gasteiger partial charge in [0.2, 0.25) is 0 Å². The van der Waals surface area contributed by atoms with Gasteiger partial charge in [-0.05, 0) is 19.8 Å². The van der Waals surface area contributed by atoms with Crippen LogP contribution in [0.2, 0.25) is 0 Å². The fourth-order valence-electron chi connectivity index (χ4n) is 1.65. The molecule has 0 aliphatic rings. The van der Waals surface area contributed by atoms with Crippen molar-refractivity contribution in [2.45, 2.75) is 52.2 Å². The molecule has 0 radical (unpaired) electrons. The van der Waals surface area contributed by atoms with Gasteiger partial charge in [-0.15, -0.1) is 5.10 Å². The van der Waals surface area contributed by atoms with Gasteiger partial charge in [0.05, 0.1) is 23.9 Å².